The van der Waals surface area contributed by atoms with Crippen LogP contribution in [0.15, 0.2) is 18.2 Å². The Labute approximate surface area is 149 Å². The minimum atomic E-state index is -0.342. The number of Topliss-reactive ketones (excluding diaryl/α,β-unsaturated/α-hetero) is 1. The van der Waals surface area contributed by atoms with Crippen LogP contribution >= 0.6 is 0 Å². The number of carbonyl (C=O) groups excluding carboxylic acids is 2. The highest BCUT2D eigenvalue weighted by atomic mass is 16.3. The first-order valence-electron chi connectivity index (χ1n) is 9.58. The van der Waals surface area contributed by atoms with Crippen molar-refractivity contribution in [3.05, 3.63) is 29.3 Å². The highest BCUT2D eigenvalue weighted by Crippen LogP contribution is 2.61. The summed E-state index contributed by atoms with van der Waals surface area (Å²) in [7, 11) is 0. The lowest BCUT2D eigenvalue weighted by atomic mass is 9.54. The molecule has 1 aromatic rings. The quantitative estimate of drug-likeness (QED) is 0.868. The van der Waals surface area contributed by atoms with Gasteiger partial charge in [-0.25, -0.2) is 0 Å². The average Bonchev–Trinajstić information content (AvgIpc) is 2.86. The van der Waals surface area contributed by atoms with E-state index in [2.05, 4.69) is 18.3 Å². The fraction of sp³-hybridized carbons (Fsp3) is 0.619. The van der Waals surface area contributed by atoms with Gasteiger partial charge < -0.3 is 10.4 Å². The van der Waals surface area contributed by atoms with Crippen LogP contribution in [-0.4, -0.2) is 23.3 Å². The summed E-state index contributed by atoms with van der Waals surface area (Å²) < 4.78 is 0. The maximum atomic E-state index is 12.8. The summed E-state index contributed by atoms with van der Waals surface area (Å²) in [5.74, 6) is 1.43. The van der Waals surface area contributed by atoms with E-state index in [9.17, 15) is 14.7 Å². The number of ketones is 1. The Balaban J connectivity index is 1.72. The number of hydrogen-bond acceptors (Lipinski definition) is 3. The zero-order chi connectivity index (χ0) is 17.8. The predicted octanol–water partition coefficient (Wildman–Crippen LogP) is 3.18. The van der Waals surface area contributed by atoms with Gasteiger partial charge in [-0.1, -0.05) is 13.0 Å². The van der Waals surface area contributed by atoms with Crippen molar-refractivity contribution in [2.24, 2.45) is 23.2 Å². The van der Waals surface area contributed by atoms with Gasteiger partial charge in [-0.2, -0.15) is 0 Å². The normalized spacial score (nSPS) is 36.3. The van der Waals surface area contributed by atoms with Gasteiger partial charge in [0.15, 0.2) is 0 Å². The van der Waals surface area contributed by atoms with E-state index >= 15 is 0 Å². The molecule has 0 unspecified atom stereocenters. The number of amides is 1. The SMILES string of the molecule is CCNC(=O)[C@H]1CC(=O)[C@@]2(C)CC[C@@H]3c4ccc(O)cc4CC[C@H]3[C@H]12. The second kappa shape index (κ2) is 5.86. The van der Waals surface area contributed by atoms with Crippen LogP contribution in [0, 0.1) is 23.2 Å². The molecule has 4 heteroatoms. The third-order valence-corrected chi connectivity index (χ3v) is 7.13. The molecule has 1 amide bonds. The van der Waals surface area contributed by atoms with E-state index in [0.717, 1.165) is 25.7 Å². The van der Waals surface area contributed by atoms with Crippen LogP contribution in [0.5, 0.6) is 5.75 Å². The molecular weight excluding hydrogens is 314 g/mol. The monoisotopic (exact) mass is 341 g/mol. The van der Waals surface area contributed by atoms with E-state index in [1.54, 1.807) is 6.07 Å². The van der Waals surface area contributed by atoms with Crippen molar-refractivity contribution < 1.29 is 14.7 Å². The van der Waals surface area contributed by atoms with E-state index in [0.29, 0.717) is 30.6 Å². The Kier molecular flexibility index (Phi) is 3.89. The number of hydrogen-bond donors (Lipinski definition) is 2. The molecule has 4 rings (SSSR count). The summed E-state index contributed by atoms with van der Waals surface area (Å²) in [5.41, 5.74) is 2.22. The van der Waals surface area contributed by atoms with Crippen LogP contribution in [0.4, 0.5) is 0 Å². The van der Waals surface area contributed by atoms with Gasteiger partial charge >= 0.3 is 0 Å². The maximum absolute atomic E-state index is 12.8. The molecule has 4 nitrogen and oxygen atoms in total. The Morgan fingerprint density at radius 2 is 2.16 bits per heavy atom. The van der Waals surface area contributed by atoms with Crippen LogP contribution < -0.4 is 5.32 Å². The summed E-state index contributed by atoms with van der Waals surface area (Å²) in [4.78, 5) is 25.5. The molecule has 0 heterocycles. The first kappa shape index (κ1) is 16.6. The Morgan fingerprint density at radius 3 is 2.92 bits per heavy atom. The van der Waals surface area contributed by atoms with Crippen LogP contribution in [0.2, 0.25) is 0 Å². The number of rotatable bonds is 2. The molecule has 0 bridgehead atoms. The number of benzene rings is 1. The lowest BCUT2D eigenvalue weighted by Gasteiger charge is -2.49. The van der Waals surface area contributed by atoms with Gasteiger partial charge in [-0.05, 0) is 73.6 Å². The van der Waals surface area contributed by atoms with Crippen LogP contribution in [0.25, 0.3) is 0 Å². The predicted molar refractivity (Wildman–Crippen MR) is 95.3 cm³/mol. The molecule has 2 saturated carbocycles. The molecule has 3 aliphatic carbocycles. The number of aromatic hydroxyl groups is 1. The molecule has 0 spiro atoms. The summed E-state index contributed by atoms with van der Waals surface area (Å²) >= 11 is 0. The average molecular weight is 341 g/mol. The number of carbonyl (C=O) groups is 2. The molecule has 3 aliphatic rings. The van der Waals surface area contributed by atoms with Crippen LogP contribution in [0.1, 0.15) is 56.6 Å². The lowest BCUT2D eigenvalue weighted by Crippen LogP contribution is -2.46. The minimum Gasteiger partial charge on any atom is -0.508 e. The topological polar surface area (TPSA) is 66.4 Å². The molecule has 5 atom stereocenters. The summed E-state index contributed by atoms with van der Waals surface area (Å²) in [6.07, 6.45) is 4.20. The largest absolute Gasteiger partial charge is 0.508 e. The van der Waals surface area contributed by atoms with Gasteiger partial charge in [0.2, 0.25) is 5.91 Å². The first-order valence-corrected chi connectivity index (χ1v) is 9.58. The number of fused-ring (bicyclic) bond motifs is 5. The van der Waals surface area contributed by atoms with Gasteiger partial charge in [-0.15, -0.1) is 0 Å². The molecule has 25 heavy (non-hydrogen) atoms. The standard InChI is InChI=1S/C21H27NO3/c1-3-22-20(25)17-11-18(24)21(2)9-8-15-14-7-5-13(23)10-12(14)4-6-16(15)19(17)21/h5,7,10,15-17,19,23H,3-4,6,8-9,11H2,1-2H3,(H,22,25)/t15-,16-,17+,19-,21-/m1/s1. The van der Waals surface area contributed by atoms with Gasteiger partial charge in [0.25, 0.3) is 0 Å². The van der Waals surface area contributed by atoms with Gasteiger partial charge in [0.05, 0.1) is 0 Å². The van der Waals surface area contributed by atoms with Crippen molar-refractivity contribution in [1.29, 1.82) is 0 Å². The number of aryl methyl sites for hydroxylation is 1. The summed E-state index contributed by atoms with van der Waals surface area (Å²) in [6, 6.07) is 5.72. The Hall–Kier alpha value is -1.84. The van der Waals surface area contributed by atoms with E-state index in [-0.39, 0.29) is 28.9 Å². The highest BCUT2D eigenvalue weighted by molar-refractivity contribution is 5.94. The van der Waals surface area contributed by atoms with Crippen molar-refractivity contribution in [2.45, 2.75) is 51.9 Å². The summed E-state index contributed by atoms with van der Waals surface area (Å²) in [5, 5.41) is 12.7. The first-order chi connectivity index (χ1) is 12.0. The van der Waals surface area contributed by atoms with E-state index < -0.39 is 0 Å². The third-order valence-electron chi connectivity index (χ3n) is 7.13. The molecular formula is C21H27NO3. The zero-order valence-corrected chi connectivity index (χ0v) is 15.0. The van der Waals surface area contributed by atoms with E-state index in [1.165, 1.54) is 11.1 Å². The van der Waals surface area contributed by atoms with Crippen LogP contribution in [-0.2, 0) is 16.0 Å². The number of phenols is 1. The summed E-state index contributed by atoms with van der Waals surface area (Å²) in [6.45, 7) is 4.64. The smallest absolute Gasteiger partial charge is 0.223 e. The Morgan fingerprint density at radius 1 is 1.36 bits per heavy atom. The zero-order valence-electron chi connectivity index (χ0n) is 15.0. The van der Waals surface area contributed by atoms with E-state index in [4.69, 9.17) is 0 Å². The van der Waals surface area contributed by atoms with Crippen molar-refractivity contribution in [3.63, 3.8) is 0 Å². The van der Waals surface area contributed by atoms with Crippen molar-refractivity contribution in [2.75, 3.05) is 6.54 Å². The van der Waals surface area contributed by atoms with Crippen molar-refractivity contribution in [1.82, 2.24) is 5.32 Å². The van der Waals surface area contributed by atoms with Gasteiger partial charge in [0.1, 0.15) is 11.5 Å². The fourth-order valence-corrected chi connectivity index (χ4v) is 6.01. The van der Waals surface area contributed by atoms with Crippen molar-refractivity contribution in [3.8, 4) is 5.75 Å². The number of nitrogens with one attached hydrogen (secondary N) is 1. The molecule has 134 valence electrons. The minimum absolute atomic E-state index is 0.0572. The fourth-order valence-electron chi connectivity index (χ4n) is 6.01. The Bertz CT molecular complexity index is 728. The second-order valence-corrected chi connectivity index (χ2v) is 8.30. The lowest BCUT2D eigenvalue weighted by molar-refractivity contribution is -0.130. The molecule has 2 fully saturated rings. The maximum Gasteiger partial charge on any atom is 0.223 e. The highest BCUT2D eigenvalue weighted by Gasteiger charge is 2.60. The van der Waals surface area contributed by atoms with E-state index in [1.807, 2.05) is 13.0 Å². The van der Waals surface area contributed by atoms with Gasteiger partial charge in [0, 0.05) is 24.3 Å². The molecule has 0 aromatic heterocycles. The molecule has 0 aliphatic heterocycles. The number of phenolic OH excluding ortho intramolecular Hbond substituents is 1. The second-order valence-electron chi connectivity index (χ2n) is 8.30. The van der Waals surface area contributed by atoms with Crippen molar-refractivity contribution >= 4 is 11.7 Å². The van der Waals surface area contributed by atoms with Crippen LogP contribution in [0.3, 0.4) is 0 Å². The molecule has 2 N–H and O–H groups in total. The third kappa shape index (κ3) is 2.41. The van der Waals surface area contributed by atoms with Gasteiger partial charge in [-0.3, -0.25) is 9.59 Å². The molecule has 0 radical (unpaired) electrons. The molecule has 0 saturated heterocycles. The molecule has 1 aromatic carbocycles.